The molecule has 0 aliphatic carbocycles. The number of hydrogen-bond acceptors (Lipinski definition) is 4. The summed E-state index contributed by atoms with van der Waals surface area (Å²) in [5.74, 6) is 0.875. The monoisotopic (exact) mass is 495 g/mol. The van der Waals surface area contributed by atoms with E-state index in [1.807, 2.05) is 49.4 Å². The third-order valence-corrected chi connectivity index (χ3v) is 8.79. The Labute approximate surface area is 204 Å². The van der Waals surface area contributed by atoms with Crippen LogP contribution in [-0.4, -0.2) is 40.5 Å². The summed E-state index contributed by atoms with van der Waals surface area (Å²) in [4.78, 5) is 5.13. The van der Waals surface area contributed by atoms with Crippen LogP contribution in [0, 0.1) is 0 Å². The van der Waals surface area contributed by atoms with Crippen LogP contribution < -0.4 is 0 Å². The van der Waals surface area contributed by atoms with E-state index in [9.17, 15) is 13.5 Å². The summed E-state index contributed by atoms with van der Waals surface area (Å²) < 4.78 is 30.2. The number of aryl methyl sites for hydroxylation is 1. The summed E-state index contributed by atoms with van der Waals surface area (Å²) >= 11 is 6.51. The minimum absolute atomic E-state index is 0.0507. The third kappa shape index (κ3) is 4.08. The average Bonchev–Trinajstić information content (AvgIpc) is 3.22. The second-order valence-corrected chi connectivity index (χ2v) is 10.9. The number of hydrogen-bond donors (Lipinski definition) is 1. The van der Waals surface area contributed by atoms with Crippen molar-refractivity contribution in [3.8, 4) is 17.1 Å². The summed E-state index contributed by atoms with van der Waals surface area (Å²) in [6.07, 6.45) is 2.17. The van der Waals surface area contributed by atoms with E-state index >= 15 is 0 Å². The van der Waals surface area contributed by atoms with Gasteiger partial charge in [0.05, 0.1) is 21.0 Å². The summed E-state index contributed by atoms with van der Waals surface area (Å²) in [5.41, 5.74) is 3.50. The van der Waals surface area contributed by atoms with Crippen molar-refractivity contribution >= 4 is 32.7 Å². The van der Waals surface area contributed by atoms with E-state index < -0.39 is 10.0 Å². The van der Waals surface area contributed by atoms with Crippen LogP contribution in [0.4, 0.5) is 0 Å². The van der Waals surface area contributed by atoms with Crippen molar-refractivity contribution in [1.29, 1.82) is 0 Å². The molecule has 4 aromatic rings. The van der Waals surface area contributed by atoms with Gasteiger partial charge in [0.15, 0.2) is 0 Å². The Balaban J connectivity index is 1.47. The highest BCUT2D eigenvalue weighted by atomic mass is 35.5. The number of piperidine rings is 1. The molecule has 3 aromatic carbocycles. The quantitative estimate of drug-likeness (QED) is 0.388. The highest BCUT2D eigenvalue weighted by Gasteiger charge is 2.32. The van der Waals surface area contributed by atoms with Crippen molar-refractivity contribution < 1.29 is 13.5 Å². The zero-order chi connectivity index (χ0) is 23.9. The molecule has 0 unspecified atom stereocenters. The standard InChI is InChI=1S/C26H26ClN3O3S/c1-2-18-7-10-21(11-8-18)34(32,33)29-15-13-19(14-16-29)30-25-12-9-20(31)17-24(25)28-26(30)22-5-3-4-6-23(22)27/h3-12,17,19,31H,2,13-16H2,1H3. The summed E-state index contributed by atoms with van der Waals surface area (Å²) in [6.45, 7) is 2.89. The van der Waals surface area contributed by atoms with Crippen molar-refractivity contribution in [1.82, 2.24) is 13.9 Å². The van der Waals surface area contributed by atoms with E-state index in [-0.39, 0.29) is 11.8 Å². The Morgan fingerprint density at radius 1 is 1.03 bits per heavy atom. The molecular weight excluding hydrogens is 470 g/mol. The first-order valence-electron chi connectivity index (χ1n) is 11.4. The Bertz CT molecular complexity index is 1440. The lowest BCUT2D eigenvalue weighted by Crippen LogP contribution is -2.39. The molecule has 0 bridgehead atoms. The molecule has 0 amide bonds. The smallest absolute Gasteiger partial charge is 0.243 e. The molecular formula is C26H26ClN3O3S. The maximum atomic E-state index is 13.2. The van der Waals surface area contributed by atoms with E-state index in [4.69, 9.17) is 16.6 Å². The van der Waals surface area contributed by atoms with E-state index in [2.05, 4.69) is 4.57 Å². The largest absolute Gasteiger partial charge is 0.508 e. The van der Waals surface area contributed by atoms with Gasteiger partial charge in [-0.1, -0.05) is 42.8 Å². The molecule has 8 heteroatoms. The van der Waals surface area contributed by atoms with Crippen LogP contribution in [0.3, 0.4) is 0 Å². The Morgan fingerprint density at radius 3 is 2.41 bits per heavy atom. The van der Waals surface area contributed by atoms with Gasteiger partial charge >= 0.3 is 0 Å². The van der Waals surface area contributed by atoms with E-state index in [0.29, 0.717) is 41.4 Å². The number of phenolic OH excluding ortho intramolecular Hbond substituents is 1. The summed E-state index contributed by atoms with van der Waals surface area (Å²) in [6, 6.07) is 19.9. The van der Waals surface area contributed by atoms with Crippen LogP contribution in [0.2, 0.25) is 5.02 Å². The molecule has 34 heavy (non-hydrogen) atoms. The first-order valence-corrected chi connectivity index (χ1v) is 13.2. The van der Waals surface area contributed by atoms with E-state index in [1.54, 1.807) is 28.6 Å². The predicted molar refractivity (Wildman–Crippen MR) is 135 cm³/mol. The topological polar surface area (TPSA) is 75.4 Å². The second-order valence-electron chi connectivity index (χ2n) is 8.59. The molecule has 2 heterocycles. The molecule has 0 saturated carbocycles. The lowest BCUT2D eigenvalue weighted by atomic mass is 10.1. The summed E-state index contributed by atoms with van der Waals surface area (Å²) in [7, 11) is -3.54. The fraction of sp³-hybridized carbons (Fsp3) is 0.269. The van der Waals surface area contributed by atoms with E-state index in [1.165, 1.54) is 0 Å². The first kappa shape index (κ1) is 22.9. The first-order chi connectivity index (χ1) is 16.4. The van der Waals surface area contributed by atoms with Gasteiger partial charge in [-0.15, -0.1) is 0 Å². The lowest BCUT2D eigenvalue weighted by Gasteiger charge is -2.33. The van der Waals surface area contributed by atoms with Gasteiger partial charge in [0.1, 0.15) is 11.6 Å². The molecule has 1 N–H and O–H groups in total. The lowest BCUT2D eigenvalue weighted by molar-refractivity contribution is 0.278. The van der Waals surface area contributed by atoms with Crippen LogP contribution in [0.5, 0.6) is 5.75 Å². The van der Waals surface area contributed by atoms with Gasteiger partial charge in [0.25, 0.3) is 0 Å². The van der Waals surface area contributed by atoms with Crippen molar-refractivity contribution in [3.63, 3.8) is 0 Å². The minimum Gasteiger partial charge on any atom is -0.508 e. The van der Waals surface area contributed by atoms with Crippen LogP contribution >= 0.6 is 11.6 Å². The minimum atomic E-state index is -3.54. The van der Waals surface area contributed by atoms with Gasteiger partial charge in [0.2, 0.25) is 10.0 Å². The number of sulfonamides is 1. The van der Waals surface area contributed by atoms with Gasteiger partial charge in [-0.05, 0) is 61.2 Å². The van der Waals surface area contributed by atoms with Gasteiger partial charge < -0.3 is 9.67 Å². The number of phenols is 1. The second kappa shape index (κ2) is 9.06. The Morgan fingerprint density at radius 2 is 1.74 bits per heavy atom. The molecule has 6 nitrogen and oxygen atoms in total. The van der Waals surface area contributed by atoms with Crippen molar-refractivity contribution in [2.24, 2.45) is 0 Å². The molecule has 0 radical (unpaired) electrons. The zero-order valence-corrected chi connectivity index (χ0v) is 20.4. The molecule has 1 aromatic heterocycles. The fourth-order valence-corrected chi connectivity index (χ4v) is 6.37. The fourth-order valence-electron chi connectivity index (χ4n) is 4.68. The van der Waals surface area contributed by atoms with Gasteiger partial charge in [-0.2, -0.15) is 4.31 Å². The van der Waals surface area contributed by atoms with Gasteiger partial charge in [-0.3, -0.25) is 0 Å². The maximum absolute atomic E-state index is 13.2. The summed E-state index contributed by atoms with van der Waals surface area (Å²) in [5, 5.41) is 10.6. The number of rotatable bonds is 5. The molecule has 0 atom stereocenters. The molecule has 1 aliphatic rings. The average molecular weight is 496 g/mol. The molecule has 176 valence electrons. The van der Waals surface area contributed by atoms with Crippen molar-refractivity contribution in [3.05, 3.63) is 77.3 Å². The van der Waals surface area contributed by atoms with Crippen LogP contribution in [0.1, 0.15) is 31.4 Å². The highest BCUT2D eigenvalue weighted by molar-refractivity contribution is 7.89. The number of nitrogens with zero attached hydrogens (tertiary/aromatic N) is 3. The molecule has 1 fully saturated rings. The predicted octanol–water partition coefficient (Wildman–Crippen LogP) is 5.65. The molecule has 1 aliphatic heterocycles. The number of aromatic nitrogens is 2. The SMILES string of the molecule is CCc1ccc(S(=O)(=O)N2CCC(n3c(-c4ccccc4Cl)nc4cc(O)ccc43)CC2)cc1. The maximum Gasteiger partial charge on any atom is 0.243 e. The molecule has 5 rings (SSSR count). The van der Waals surface area contributed by atoms with Crippen LogP contribution in [0.15, 0.2) is 71.6 Å². The Kier molecular flexibility index (Phi) is 6.10. The number of fused-ring (bicyclic) bond motifs is 1. The van der Waals surface area contributed by atoms with Crippen LogP contribution in [-0.2, 0) is 16.4 Å². The number of imidazole rings is 1. The molecule has 1 saturated heterocycles. The van der Waals surface area contributed by atoms with Crippen molar-refractivity contribution in [2.75, 3.05) is 13.1 Å². The zero-order valence-electron chi connectivity index (χ0n) is 18.9. The third-order valence-electron chi connectivity index (χ3n) is 6.55. The van der Waals surface area contributed by atoms with Crippen LogP contribution in [0.25, 0.3) is 22.4 Å². The van der Waals surface area contributed by atoms with Crippen molar-refractivity contribution in [2.45, 2.75) is 37.1 Å². The number of aromatic hydroxyl groups is 1. The van der Waals surface area contributed by atoms with Gasteiger partial charge in [0, 0.05) is 30.8 Å². The highest BCUT2D eigenvalue weighted by Crippen LogP contribution is 2.37. The number of halogens is 1. The normalized spacial score (nSPS) is 15.7. The number of benzene rings is 3. The van der Waals surface area contributed by atoms with Gasteiger partial charge in [-0.25, -0.2) is 13.4 Å². The van der Waals surface area contributed by atoms with E-state index in [0.717, 1.165) is 28.9 Å². The molecule has 0 spiro atoms. The Hall–Kier alpha value is -2.87.